The Morgan fingerprint density at radius 2 is 1.68 bits per heavy atom. The number of nitrogens with zero attached hydrogens (tertiary/aromatic N) is 2. The molecular weight excluding hydrogens is 432 g/mol. The molecule has 0 aromatic carbocycles. The van der Waals surface area contributed by atoms with Gasteiger partial charge in [-0.1, -0.05) is 11.6 Å². The summed E-state index contributed by atoms with van der Waals surface area (Å²) in [7, 11) is 0. The van der Waals surface area contributed by atoms with Gasteiger partial charge in [0, 0.05) is 56.1 Å². The molecule has 2 N–H and O–H groups in total. The van der Waals surface area contributed by atoms with E-state index >= 15 is 0 Å². The fourth-order valence-electron chi connectivity index (χ4n) is 6.80. The van der Waals surface area contributed by atoms with Crippen molar-refractivity contribution in [2.45, 2.75) is 57.0 Å². The molecule has 1 saturated heterocycles. The van der Waals surface area contributed by atoms with E-state index in [4.69, 9.17) is 11.6 Å². The Morgan fingerprint density at radius 3 is 2.26 bits per heavy atom. The van der Waals surface area contributed by atoms with Crippen molar-refractivity contribution in [3.05, 3.63) is 21.3 Å². The molecule has 0 unspecified atom stereocenters. The molecule has 5 aliphatic rings. The van der Waals surface area contributed by atoms with Crippen LogP contribution in [0.2, 0.25) is 4.34 Å². The fourth-order valence-corrected chi connectivity index (χ4v) is 7.93. The quantitative estimate of drug-likeness (QED) is 0.674. The highest BCUT2D eigenvalue weighted by atomic mass is 35.5. The number of carbonyl (C=O) groups excluding carboxylic acids is 2. The minimum atomic E-state index is -0.0887. The Kier molecular flexibility index (Phi) is 6.19. The van der Waals surface area contributed by atoms with E-state index in [0.717, 1.165) is 74.1 Å². The van der Waals surface area contributed by atoms with E-state index in [9.17, 15) is 9.59 Å². The second kappa shape index (κ2) is 8.91. The summed E-state index contributed by atoms with van der Waals surface area (Å²) in [5, 5.41) is 6.27. The molecule has 0 radical (unpaired) electrons. The summed E-state index contributed by atoms with van der Waals surface area (Å²) in [5.74, 6) is 2.56. The van der Waals surface area contributed by atoms with Gasteiger partial charge in [-0.15, -0.1) is 11.3 Å². The summed E-state index contributed by atoms with van der Waals surface area (Å²) in [6.45, 7) is 4.55. The molecule has 0 spiro atoms. The zero-order chi connectivity index (χ0) is 21.4. The maximum absolute atomic E-state index is 12.6. The molecule has 31 heavy (non-hydrogen) atoms. The van der Waals surface area contributed by atoms with Gasteiger partial charge in [-0.25, -0.2) is 4.79 Å². The highest BCUT2D eigenvalue weighted by Gasteiger charge is 2.51. The Balaban J connectivity index is 1.01. The molecule has 0 atom stereocenters. The Labute approximate surface area is 193 Å². The molecule has 2 heterocycles. The zero-order valence-corrected chi connectivity index (χ0v) is 19.6. The second-order valence-electron chi connectivity index (χ2n) is 10.2. The molecule has 4 bridgehead atoms. The maximum Gasteiger partial charge on any atom is 0.315 e. The summed E-state index contributed by atoms with van der Waals surface area (Å²) >= 11 is 7.63. The van der Waals surface area contributed by atoms with Crippen LogP contribution in [-0.4, -0.2) is 60.0 Å². The summed E-state index contributed by atoms with van der Waals surface area (Å²) in [6.07, 6.45) is 7.91. The average Bonchev–Trinajstić information content (AvgIpc) is 3.11. The molecule has 6 nitrogen and oxygen atoms in total. The lowest BCUT2D eigenvalue weighted by molar-refractivity contribution is -0.132. The number of amides is 3. The smallest absolute Gasteiger partial charge is 0.315 e. The number of thiophene rings is 1. The molecule has 8 heteroatoms. The van der Waals surface area contributed by atoms with Gasteiger partial charge in [0.1, 0.15) is 0 Å². The van der Waals surface area contributed by atoms with E-state index < -0.39 is 0 Å². The van der Waals surface area contributed by atoms with Crippen LogP contribution in [0.25, 0.3) is 0 Å². The van der Waals surface area contributed by atoms with Crippen molar-refractivity contribution in [1.29, 1.82) is 0 Å². The van der Waals surface area contributed by atoms with Crippen molar-refractivity contribution in [1.82, 2.24) is 20.4 Å². The molecule has 170 valence electrons. The van der Waals surface area contributed by atoms with Gasteiger partial charge < -0.3 is 15.5 Å². The highest BCUT2D eigenvalue weighted by Crippen LogP contribution is 2.55. The van der Waals surface area contributed by atoms with E-state index in [2.05, 4.69) is 21.6 Å². The van der Waals surface area contributed by atoms with Crippen molar-refractivity contribution in [2.75, 3.05) is 32.7 Å². The third-order valence-corrected chi connectivity index (χ3v) is 8.99. The van der Waals surface area contributed by atoms with Gasteiger partial charge in [0.2, 0.25) is 5.91 Å². The van der Waals surface area contributed by atoms with Gasteiger partial charge in [-0.3, -0.25) is 9.69 Å². The Bertz CT molecular complexity index is 785. The molecular formula is C23H33ClN4O2S. The van der Waals surface area contributed by atoms with Crippen molar-refractivity contribution in [3.8, 4) is 0 Å². The molecule has 5 fully saturated rings. The van der Waals surface area contributed by atoms with Gasteiger partial charge in [-0.05, 0) is 68.4 Å². The van der Waals surface area contributed by atoms with E-state index in [1.807, 2.05) is 11.0 Å². The number of hydrogen-bond acceptors (Lipinski definition) is 4. The normalized spacial score (nSPS) is 32.3. The lowest BCUT2D eigenvalue weighted by Crippen LogP contribution is -2.61. The summed E-state index contributed by atoms with van der Waals surface area (Å²) < 4.78 is 0.823. The van der Waals surface area contributed by atoms with Gasteiger partial charge in [0.15, 0.2) is 0 Å². The van der Waals surface area contributed by atoms with E-state index in [-0.39, 0.29) is 17.5 Å². The summed E-state index contributed by atoms with van der Waals surface area (Å²) in [4.78, 5) is 30.7. The third kappa shape index (κ3) is 5.04. The number of carbonyl (C=O) groups is 2. The van der Waals surface area contributed by atoms with Crippen LogP contribution in [0.15, 0.2) is 12.1 Å². The first kappa shape index (κ1) is 21.5. The van der Waals surface area contributed by atoms with Crippen molar-refractivity contribution in [2.24, 2.45) is 17.8 Å². The fraction of sp³-hybridized carbons (Fsp3) is 0.739. The summed E-state index contributed by atoms with van der Waals surface area (Å²) in [6, 6.07) is 3.92. The number of nitrogens with one attached hydrogen (secondary N) is 2. The van der Waals surface area contributed by atoms with E-state index in [1.54, 1.807) is 11.3 Å². The van der Waals surface area contributed by atoms with Gasteiger partial charge >= 0.3 is 6.03 Å². The predicted molar refractivity (Wildman–Crippen MR) is 123 cm³/mol. The van der Waals surface area contributed by atoms with Crippen molar-refractivity contribution < 1.29 is 9.59 Å². The van der Waals surface area contributed by atoms with Crippen LogP contribution in [0.5, 0.6) is 0 Å². The molecule has 1 aromatic heterocycles. The highest BCUT2D eigenvalue weighted by molar-refractivity contribution is 7.16. The molecule has 1 aromatic rings. The van der Waals surface area contributed by atoms with Crippen LogP contribution < -0.4 is 10.6 Å². The molecule has 1 aliphatic heterocycles. The largest absolute Gasteiger partial charge is 0.340 e. The minimum absolute atomic E-state index is 0.0198. The molecule has 4 saturated carbocycles. The average molecular weight is 465 g/mol. The maximum atomic E-state index is 12.6. The lowest BCUT2D eigenvalue weighted by atomic mass is 9.53. The standard InChI is InChI=1S/C23H33ClN4O2S/c24-20-2-1-19(31-20)15-27-5-7-28(8-6-27)21(29)3-4-25-22(30)26-23-12-16-9-17(13-23)11-18(10-16)14-23/h1-2,16-18H,3-15H2,(H2,25,26,30). The van der Waals surface area contributed by atoms with Gasteiger partial charge in [0.25, 0.3) is 0 Å². The van der Waals surface area contributed by atoms with Crippen LogP contribution >= 0.6 is 22.9 Å². The number of halogens is 1. The zero-order valence-electron chi connectivity index (χ0n) is 18.1. The second-order valence-corrected chi connectivity index (χ2v) is 12.0. The number of urea groups is 1. The first-order valence-corrected chi connectivity index (χ1v) is 13.0. The Hall–Kier alpha value is -1.31. The first-order valence-electron chi connectivity index (χ1n) is 11.8. The van der Waals surface area contributed by atoms with Crippen molar-refractivity contribution >= 4 is 34.9 Å². The topological polar surface area (TPSA) is 64.7 Å². The predicted octanol–water partition coefficient (Wildman–Crippen LogP) is 3.70. The molecule has 3 amide bonds. The van der Waals surface area contributed by atoms with Crippen LogP contribution in [0, 0.1) is 17.8 Å². The van der Waals surface area contributed by atoms with Crippen LogP contribution in [0.4, 0.5) is 4.79 Å². The number of rotatable bonds is 6. The van der Waals surface area contributed by atoms with Gasteiger partial charge in [0.05, 0.1) is 4.34 Å². The minimum Gasteiger partial charge on any atom is -0.340 e. The number of hydrogen-bond donors (Lipinski definition) is 2. The van der Waals surface area contributed by atoms with Crippen LogP contribution in [0.3, 0.4) is 0 Å². The summed E-state index contributed by atoms with van der Waals surface area (Å²) in [5.41, 5.74) is 0.0198. The molecule has 6 rings (SSSR count). The number of piperazine rings is 1. The Morgan fingerprint density at radius 1 is 1.03 bits per heavy atom. The monoisotopic (exact) mass is 464 g/mol. The first-order chi connectivity index (χ1) is 15.0. The third-order valence-electron chi connectivity index (χ3n) is 7.77. The lowest BCUT2D eigenvalue weighted by Gasteiger charge is -2.56. The van der Waals surface area contributed by atoms with Crippen LogP contribution in [0.1, 0.15) is 49.8 Å². The van der Waals surface area contributed by atoms with E-state index in [0.29, 0.717) is 13.0 Å². The van der Waals surface area contributed by atoms with Crippen molar-refractivity contribution in [3.63, 3.8) is 0 Å². The molecule has 4 aliphatic carbocycles. The van der Waals surface area contributed by atoms with Gasteiger partial charge in [-0.2, -0.15) is 0 Å². The van der Waals surface area contributed by atoms with Crippen LogP contribution in [-0.2, 0) is 11.3 Å². The van der Waals surface area contributed by atoms with E-state index in [1.165, 1.54) is 24.1 Å². The SMILES string of the molecule is O=C(NCCC(=O)N1CCN(Cc2ccc(Cl)s2)CC1)NC12CC3CC(CC(C3)C1)C2.